The van der Waals surface area contributed by atoms with Crippen LogP contribution in [0.5, 0.6) is 5.75 Å². The third kappa shape index (κ3) is 3.63. The maximum absolute atomic E-state index is 13.1. The fourth-order valence-electron chi connectivity index (χ4n) is 1.27. The molecule has 0 amide bonds. The van der Waals surface area contributed by atoms with Crippen LogP contribution in [0.25, 0.3) is 0 Å². The average Bonchev–Trinajstić information content (AvgIpc) is 2.28. The van der Waals surface area contributed by atoms with Crippen molar-refractivity contribution in [3.63, 3.8) is 0 Å². The molecule has 3 nitrogen and oxygen atoms in total. The van der Waals surface area contributed by atoms with E-state index in [1.165, 1.54) is 19.2 Å². The van der Waals surface area contributed by atoms with E-state index in [0.717, 1.165) is 6.07 Å². The number of halogens is 1. The molecule has 1 aromatic carbocycles. The molecule has 0 aliphatic carbocycles. The minimum absolute atomic E-state index is 0.0986. The van der Waals surface area contributed by atoms with Crippen LogP contribution in [0.15, 0.2) is 18.2 Å². The van der Waals surface area contributed by atoms with Crippen LogP contribution in [0, 0.1) is 5.82 Å². The largest absolute Gasteiger partial charge is 0.496 e. The summed E-state index contributed by atoms with van der Waals surface area (Å²) in [5, 5.41) is -0.0986. The third-order valence-electron chi connectivity index (χ3n) is 2.26. The number of carbonyl (C=O) groups is 1. The Bertz CT molecular complexity index is 443. The van der Waals surface area contributed by atoms with Crippen LogP contribution in [0.3, 0.4) is 0 Å². The maximum atomic E-state index is 13.1. The zero-order valence-corrected chi connectivity index (χ0v) is 10.8. The average molecular weight is 258 g/mol. The Morgan fingerprint density at radius 2 is 2.12 bits per heavy atom. The number of rotatable bonds is 5. The van der Waals surface area contributed by atoms with Gasteiger partial charge in [0.05, 0.1) is 18.4 Å². The Hall–Kier alpha value is -1.23. The number of ketones is 1. The summed E-state index contributed by atoms with van der Waals surface area (Å²) < 4.78 is 29.6. The van der Waals surface area contributed by atoms with Crippen molar-refractivity contribution in [2.45, 2.75) is 19.1 Å². The van der Waals surface area contributed by atoms with E-state index in [0.29, 0.717) is 5.75 Å². The van der Waals surface area contributed by atoms with Crippen LogP contribution < -0.4 is 4.74 Å². The molecule has 0 aliphatic heterocycles. The molecule has 5 heteroatoms. The Kier molecular flexibility index (Phi) is 4.81. The monoisotopic (exact) mass is 258 g/mol. The number of carbonyl (C=O) groups excluding carboxylic acids is 1. The van der Waals surface area contributed by atoms with Gasteiger partial charge in [-0.1, -0.05) is 13.8 Å². The fraction of sp³-hybridized carbons (Fsp3) is 0.417. The second kappa shape index (κ2) is 5.91. The standard InChI is InChI=1S/C12H15FO3S/c1-8(2)17(15)7-11(14)10-6-9(13)4-5-12(10)16-3/h4-6,8H,7H2,1-3H3. The summed E-state index contributed by atoms with van der Waals surface area (Å²) in [6.07, 6.45) is 0. The maximum Gasteiger partial charge on any atom is 0.179 e. The molecule has 1 atom stereocenters. The Morgan fingerprint density at radius 3 is 2.65 bits per heavy atom. The van der Waals surface area contributed by atoms with Crippen LogP contribution >= 0.6 is 0 Å². The van der Waals surface area contributed by atoms with E-state index in [2.05, 4.69) is 0 Å². The first kappa shape index (κ1) is 13.8. The fourth-order valence-corrected chi connectivity index (χ4v) is 2.02. The molecule has 0 bridgehead atoms. The lowest BCUT2D eigenvalue weighted by Gasteiger charge is -2.08. The molecule has 0 heterocycles. The van der Waals surface area contributed by atoms with Gasteiger partial charge in [0.1, 0.15) is 11.6 Å². The van der Waals surface area contributed by atoms with Crippen molar-refractivity contribution in [1.29, 1.82) is 0 Å². The highest BCUT2D eigenvalue weighted by molar-refractivity contribution is 7.86. The number of ether oxygens (including phenoxy) is 1. The van der Waals surface area contributed by atoms with E-state index in [1.807, 2.05) is 0 Å². The molecule has 0 aromatic heterocycles. The summed E-state index contributed by atoms with van der Waals surface area (Å²) in [4.78, 5) is 11.9. The SMILES string of the molecule is COc1ccc(F)cc1C(=O)CS(=O)C(C)C. The summed E-state index contributed by atoms with van der Waals surface area (Å²) in [7, 11) is 0.159. The summed E-state index contributed by atoms with van der Waals surface area (Å²) in [6, 6.07) is 3.72. The van der Waals surface area contributed by atoms with Gasteiger partial charge in [-0.15, -0.1) is 0 Å². The van der Waals surface area contributed by atoms with Gasteiger partial charge < -0.3 is 4.74 Å². The Labute approximate surface area is 102 Å². The molecule has 17 heavy (non-hydrogen) atoms. The molecule has 0 aliphatic rings. The smallest absolute Gasteiger partial charge is 0.179 e. The topological polar surface area (TPSA) is 43.4 Å². The van der Waals surface area contributed by atoms with Crippen LogP contribution in [-0.2, 0) is 10.8 Å². The summed E-state index contributed by atoms with van der Waals surface area (Å²) in [5.41, 5.74) is 0.140. The molecule has 0 saturated heterocycles. The zero-order chi connectivity index (χ0) is 13.0. The second-order valence-electron chi connectivity index (χ2n) is 3.84. The van der Waals surface area contributed by atoms with Gasteiger partial charge in [0.25, 0.3) is 0 Å². The highest BCUT2D eigenvalue weighted by atomic mass is 32.2. The first-order chi connectivity index (χ1) is 7.95. The highest BCUT2D eigenvalue weighted by Gasteiger charge is 2.17. The van der Waals surface area contributed by atoms with Crippen LogP contribution in [0.1, 0.15) is 24.2 Å². The number of hydrogen-bond acceptors (Lipinski definition) is 3. The van der Waals surface area contributed by atoms with Crippen LogP contribution in [-0.4, -0.2) is 28.1 Å². The molecule has 1 unspecified atom stereocenters. The molecular formula is C12H15FO3S. The number of Topliss-reactive ketones (excluding diaryl/α,β-unsaturated/α-hetero) is 1. The van der Waals surface area contributed by atoms with Crippen molar-refractivity contribution in [3.05, 3.63) is 29.6 Å². The van der Waals surface area contributed by atoms with Crippen LogP contribution in [0.4, 0.5) is 4.39 Å². The molecule has 0 saturated carbocycles. The lowest BCUT2D eigenvalue weighted by Crippen LogP contribution is -2.18. The number of hydrogen-bond donors (Lipinski definition) is 0. The quantitative estimate of drug-likeness (QED) is 0.760. The van der Waals surface area contributed by atoms with Gasteiger partial charge >= 0.3 is 0 Å². The molecular weight excluding hydrogens is 243 g/mol. The highest BCUT2D eigenvalue weighted by Crippen LogP contribution is 2.20. The van der Waals surface area contributed by atoms with Crippen molar-refractivity contribution < 1.29 is 18.1 Å². The number of benzene rings is 1. The predicted octanol–water partition coefficient (Wildman–Crippen LogP) is 2.17. The molecule has 0 fully saturated rings. The van der Waals surface area contributed by atoms with E-state index in [1.54, 1.807) is 13.8 Å². The first-order valence-electron chi connectivity index (χ1n) is 5.19. The van der Waals surface area contributed by atoms with Crippen molar-refractivity contribution in [2.75, 3.05) is 12.9 Å². The van der Waals surface area contributed by atoms with Crippen molar-refractivity contribution in [1.82, 2.24) is 0 Å². The summed E-state index contributed by atoms with van der Waals surface area (Å²) in [5.74, 6) is -0.688. The van der Waals surface area contributed by atoms with E-state index in [-0.39, 0.29) is 22.3 Å². The third-order valence-corrected chi connectivity index (χ3v) is 3.86. The van der Waals surface area contributed by atoms with E-state index in [9.17, 15) is 13.4 Å². The molecule has 0 spiro atoms. The van der Waals surface area contributed by atoms with Gasteiger partial charge in [0.2, 0.25) is 0 Å². The van der Waals surface area contributed by atoms with Crippen molar-refractivity contribution in [2.24, 2.45) is 0 Å². The van der Waals surface area contributed by atoms with E-state index < -0.39 is 16.6 Å². The first-order valence-corrected chi connectivity index (χ1v) is 6.57. The lowest BCUT2D eigenvalue weighted by molar-refractivity contribution is 0.101. The van der Waals surface area contributed by atoms with Gasteiger partial charge in [-0.25, -0.2) is 4.39 Å². The molecule has 0 N–H and O–H groups in total. The second-order valence-corrected chi connectivity index (χ2v) is 5.83. The van der Waals surface area contributed by atoms with Crippen molar-refractivity contribution >= 4 is 16.6 Å². The summed E-state index contributed by atoms with van der Waals surface area (Å²) in [6.45, 7) is 3.54. The molecule has 1 aromatic rings. The normalized spacial score (nSPS) is 12.5. The van der Waals surface area contributed by atoms with Crippen LogP contribution in [0.2, 0.25) is 0 Å². The van der Waals surface area contributed by atoms with Gasteiger partial charge in [0, 0.05) is 16.0 Å². The van der Waals surface area contributed by atoms with Gasteiger partial charge in [-0.05, 0) is 18.2 Å². The molecule has 0 radical (unpaired) electrons. The van der Waals surface area contributed by atoms with Crippen molar-refractivity contribution in [3.8, 4) is 5.75 Å². The lowest BCUT2D eigenvalue weighted by atomic mass is 10.1. The van der Waals surface area contributed by atoms with Gasteiger partial charge in [0.15, 0.2) is 5.78 Å². The Morgan fingerprint density at radius 1 is 1.47 bits per heavy atom. The van der Waals surface area contributed by atoms with E-state index >= 15 is 0 Å². The number of methoxy groups -OCH3 is 1. The summed E-state index contributed by atoms with van der Waals surface area (Å²) >= 11 is 0. The minimum Gasteiger partial charge on any atom is -0.496 e. The Balaban J connectivity index is 2.95. The zero-order valence-electron chi connectivity index (χ0n) is 10.0. The molecule has 94 valence electrons. The minimum atomic E-state index is -1.25. The van der Waals surface area contributed by atoms with Gasteiger partial charge in [-0.3, -0.25) is 9.00 Å². The van der Waals surface area contributed by atoms with E-state index in [4.69, 9.17) is 4.74 Å². The molecule has 1 rings (SSSR count). The predicted molar refractivity (Wildman–Crippen MR) is 65.4 cm³/mol. The van der Waals surface area contributed by atoms with Gasteiger partial charge in [-0.2, -0.15) is 0 Å².